The Morgan fingerprint density at radius 2 is 2.11 bits per heavy atom. The lowest BCUT2D eigenvalue weighted by Crippen LogP contribution is -2.47. The average molecular weight is 268 g/mol. The zero-order valence-corrected chi connectivity index (χ0v) is 12.6. The first-order valence-corrected chi connectivity index (χ1v) is 7.50. The van der Waals surface area contributed by atoms with E-state index in [0.717, 1.165) is 51.9 Å². The molecule has 0 spiro atoms. The normalized spacial score (nSPS) is 20.2. The number of hydrogen-bond donors (Lipinski definition) is 1. The van der Waals surface area contributed by atoms with Crippen LogP contribution < -0.4 is 5.32 Å². The summed E-state index contributed by atoms with van der Waals surface area (Å²) in [6.07, 6.45) is 4.96. The maximum absolute atomic E-state index is 9.40. The van der Waals surface area contributed by atoms with Crippen molar-refractivity contribution in [1.82, 2.24) is 5.32 Å². The molecule has 19 heavy (non-hydrogen) atoms. The van der Waals surface area contributed by atoms with Crippen LogP contribution in [0.15, 0.2) is 0 Å². The van der Waals surface area contributed by atoms with Gasteiger partial charge in [0.15, 0.2) is 0 Å². The summed E-state index contributed by atoms with van der Waals surface area (Å²) in [6.45, 7) is 8.61. The Labute approximate surface area is 117 Å². The third-order valence-electron chi connectivity index (χ3n) is 3.65. The molecule has 1 atom stereocenters. The van der Waals surface area contributed by atoms with Crippen LogP contribution in [0.1, 0.15) is 52.9 Å². The fourth-order valence-electron chi connectivity index (χ4n) is 2.54. The first-order chi connectivity index (χ1) is 9.12. The van der Waals surface area contributed by atoms with Gasteiger partial charge in [-0.25, -0.2) is 0 Å². The van der Waals surface area contributed by atoms with Gasteiger partial charge in [-0.05, 0) is 46.0 Å². The molecule has 0 aromatic carbocycles. The average Bonchev–Trinajstić information content (AvgIpc) is 2.43. The van der Waals surface area contributed by atoms with E-state index in [2.05, 4.69) is 32.2 Å². The molecule has 1 rings (SSSR count). The van der Waals surface area contributed by atoms with Crippen LogP contribution in [0.5, 0.6) is 0 Å². The Bertz CT molecular complexity index is 282. The molecule has 110 valence electrons. The van der Waals surface area contributed by atoms with Gasteiger partial charge in [0, 0.05) is 25.9 Å². The lowest BCUT2D eigenvalue weighted by atomic mass is 9.91. The zero-order valence-electron chi connectivity index (χ0n) is 12.6. The summed E-state index contributed by atoms with van der Waals surface area (Å²) >= 11 is 0. The molecule has 1 N–H and O–H groups in total. The topological polar surface area (TPSA) is 54.3 Å². The van der Waals surface area contributed by atoms with Gasteiger partial charge in [0.25, 0.3) is 0 Å². The van der Waals surface area contributed by atoms with E-state index >= 15 is 0 Å². The second-order valence-electron chi connectivity index (χ2n) is 5.63. The van der Waals surface area contributed by atoms with Gasteiger partial charge >= 0.3 is 0 Å². The third kappa shape index (κ3) is 5.90. The largest absolute Gasteiger partial charge is 0.381 e. The molecule has 1 aliphatic rings. The van der Waals surface area contributed by atoms with Gasteiger partial charge in [-0.1, -0.05) is 6.92 Å². The lowest BCUT2D eigenvalue weighted by Gasteiger charge is -2.29. The molecule has 1 unspecified atom stereocenters. The number of hydrogen-bond acceptors (Lipinski definition) is 4. The smallest absolute Gasteiger partial charge is 0.106 e. The maximum atomic E-state index is 9.40. The summed E-state index contributed by atoms with van der Waals surface area (Å²) in [7, 11) is 0. The van der Waals surface area contributed by atoms with Crippen LogP contribution in [-0.2, 0) is 9.47 Å². The first kappa shape index (κ1) is 16.4. The molecule has 0 aromatic heterocycles. The minimum absolute atomic E-state index is 0.330. The molecular weight excluding hydrogens is 240 g/mol. The fraction of sp³-hybridized carbons (Fsp3) is 0.933. The lowest BCUT2D eigenvalue weighted by molar-refractivity contribution is -0.0335. The van der Waals surface area contributed by atoms with E-state index in [9.17, 15) is 5.26 Å². The van der Waals surface area contributed by atoms with Crippen molar-refractivity contribution in [2.75, 3.05) is 19.8 Å². The predicted octanol–water partition coefficient (Wildman–Crippen LogP) is 2.63. The minimum atomic E-state index is -0.396. The van der Waals surface area contributed by atoms with Gasteiger partial charge < -0.3 is 9.47 Å². The van der Waals surface area contributed by atoms with Gasteiger partial charge in [0.05, 0.1) is 12.2 Å². The van der Waals surface area contributed by atoms with Gasteiger partial charge in [0.1, 0.15) is 5.54 Å². The highest BCUT2D eigenvalue weighted by Crippen LogP contribution is 2.19. The van der Waals surface area contributed by atoms with E-state index in [1.807, 2.05) is 0 Å². The summed E-state index contributed by atoms with van der Waals surface area (Å²) in [5.41, 5.74) is -0.396. The minimum Gasteiger partial charge on any atom is -0.381 e. The molecule has 0 aromatic rings. The molecule has 0 radical (unpaired) electrons. The van der Waals surface area contributed by atoms with Crippen LogP contribution in [0.3, 0.4) is 0 Å². The van der Waals surface area contributed by atoms with E-state index in [1.54, 1.807) is 0 Å². The van der Waals surface area contributed by atoms with Crippen molar-refractivity contribution in [3.63, 3.8) is 0 Å². The van der Waals surface area contributed by atoms with Crippen LogP contribution >= 0.6 is 0 Å². The summed E-state index contributed by atoms with van der Waals surface area (Å²) in [5, 5.41) is 12.8. The number of ether oxygens (including phenoxy) is 2. The Balaban J connectivity index is 2.26. The van der Waals surface area contributed by atoms with Crippen molar-refractivity contribution in [3.05, 3.63) is 0 Å². The first-order valence-electron chi connectivity index (χ1n) is 7.50. The van der Waals surface area contributed by atoms with Gasteiger partial charge in [0.2, 0.25) is 0 Å². The van der Waals surface area contributed by atoms with E-state index in [4.69, 9.17) is 9.47 Å². The summed E-state index contributed by atoms with van der Waals surface area (Å²) in [6, 6.07) is 2.78. The quantitative estimate of drug-likeness (QED) is 0.688. The Kier molecular flexibility index (Phi) is 7.37. The van der Waals surface area contributed by atoms with Crippen molar-refractivity contribution in [1.29, 1.82) is 5.26 Å². The van der Waals surface area contributed by atoms with Crippen LogP contribution in [0.2, 0.25) is 0 Å². The number of nitrogens with zero attached hydrogens (tertiary/aromatic N) is 1. The maximum Gasteiger partial charge on any atom is 0.106 e. The molecular formula is C15H28N2O2. The molecule has 0 aliphatic carbocycles. The second-order valence-corrected chi connectivity index (χ2v) is 5.63. The summed E-state index contributed by atoms with van der Waals surface area (Å²) in [4.78, 5) is 0. The summed E-state index contributed by atoms with van der Waals surface area (Å²) in [5.74, 6) is 0. The molecule has 1 aliphatic heterocycles. The highest BCUT2D eigenvalue weighted by molar-refractivity contribution is 5.06. The standard InChI is InChI=1S/C15H28N2O2/c1-4-15(12-16,17-13(2)3)8-5-9-19-14-6-10-18-11-7-14/h13-14,17H,4-11H2,1-3H3. The molecule has 0 bridgehead atoms. The number of nitriles is 1. The number of rotatable bonds is 8. The molecule has 4 heteroatoms. The third-order valence-corrected chi connectivity index (χ3v) is 3.65. The van der Waals surface area contributed by atoms with E-state index < -0.39 is 5.54 Å². The van der Waals surface area contributed by atoms with Gasteiger partial charge in [-0.15, -0.1) is 0 Å². The van der Waals surface area contributed by atoms with Crippen molar-refractivity contribution in [3.8, 4) is 6.07 Å². The molecule has 1 heterocycles. The molecule has 0 saturated carbocycles. The van der Waals surface area contributed by atoms with Crippen LogP contribution in [0.4, 0.5) is 0 Å². The Hall–Kier alpha value is -0.630. The van der Waals surface area contributed by atoms with Crippen molar-refractivity contribution >= 4 is 0 Å². The van der Waals surface area contributed by atoms with Crippen molar-refractivity contribution < 1.29 is 9.47 Å². The predicted molar refractivity (Wildman–Crippen MR) is 75.9 cm³/mol. The zero-order chi connectivity index (χ0) is 14.1. The van der Waals surface area contributed by atoms with E-state index in [-0.39, 0.29) is 0 Å². The van der Waals surface area contributed by atoms with Crippen molar-refractivity contribution in [2.45, 2.75) is 70.6 Å². The van der Waals surface area contributed by atoms with Gasteiger partial charge in [-0.3, -0.25) is 5.32 Å². The van der Waals surface area contributed by atoms with Crippen molar-refractivity contribution in [2.24, 2.45) is 0 Å². The van der Waals surface area contributed by atoms with Crippen LogP contribution in [0.25, 0.3) is 0 Å². The highest BCUT2D eigenvalue weighted by atomic mass is 16.5. The second kappa shape index (κ2) is 8.52. The van der Waals surface area contributed by atoms with Crippen LogP contribution in [0, 0.1) is 11.3 Å². The molecule has 0 amide bonds. The number of nitrogens with one attached hydrogen (secondary N) is 1. The molecule has 1 fully saturated rings. The fourth-order valence-corrected chi connectivity index (χ4v) is 2.54. The SMILES string of the molecule is CCC(C#N)(CCCOC1CCOCC1)NC(C)C. The monoisotopic (exact) mass is 268 g/mol. The Morgan fingerprint density at radius 3 is 2.63 bits per heavy atom. The molecule has 4 nitrogen and oxygen atoms in total. The van der Waals surface area contributed by atoms with E-state index in [0.29, 0.717) is 12.1 Å². The van der Waals surface area contributed by atoms with E-state index in [1.165, 1.54) is 0 Å². The van der Waals surface area contributed by atoms with Gasteiger partial charge in [-0.2, -0.15) is 5.26 Å². The van der Waals surface area contributed by atoms with Crippen LogP contribution in [-0.4, -0.2) is 37.5 Å². The highest BCUT2D eigenvalue weighted by Gasteiger charge is 2.27. The summed E-state index contributed by atoms with van der Waals surface area (Å²) < 4.78 is 11.2. The Morgan fingerprint density at radius 1 is 1.42 bits per heavy atom. The molecule has 1 saturated heterocycles.